The van der Waals surface area contributed by atoms with Gasteiger partial charge in [-0.15, -0.1) is 0 Å². The monoisotopic (exact) mass is 267 g/mol. The van der Waals surface area contributed by atoms with Crippen molar-refractivity contribution in [2.24, 2.45) is 12.8 Å². The Labute approximate surface area is 89.4 Å². The number of halogens is 3. The number of aromatic nitrogens is 2. The van der Waals surface area contributed by atoms with Crippen LogP contribution in [-0.4, -0.2) is 21.7 Å². The van der Waals surface area contributed by atoms with E-state index in [1.807, 2.05) is 0 Å². The number of hydrogen-bond acceptors (Lipinski definition) is 2. The lowest BCUT2D eigenvalue weighted by Gasteiger charge is -2.23. The van der Waals surface area contributed by atoms with Crippen LogP contribution in [0.1, 0.15) is 12.6 Å². The fourth-order valence-electron chi connectivity index (χ4n) is 1.10. The van der Waals surface area contributed by atoms with Crippen LogP contribution in [0, 0.1) is 0 Å². The van der Waals surface area contributed by atoms with Gasteiger partial charge >= 0.3 is 0 Å². The maximum Gasteiger partial charge on any atom is 0.256 e. The average Bonchev–Trinajstić information content (AvgIpc) is 2.29. The minimum absolute atomic E-state index is 0.0970. The van der Waals surface area contributed by atoms with Gasteiger partial charge in [0.1, 0.15) is 4.60 Å². The summed E-state index contributed by atoms with van der Waals surface area (Å²) in [7, 11) is 1.70. The molecule has 1 aromatic heterocycles. The Hall–Kier alpha value is -0.490. The molecule has 80 valence electrons. The smallest absolute Gasteiger partial charge is 0.256 e. The summed E-state index contributed by atoms with van der Waals surface area (Å²) in [5, 5.41) is 3.99. The van der Waals surface area contributed by atoms with E-state index in [4.69, 9.17) is 5.73 Å². The van der Waals surface area contributed by atoms with Crippen molar-refractivity contribution in [2.75, 3.05) is 0 Å². The molecule has 0 aliphatic heterocycles. The summed E-state index contributed by atoms with van der Waals surface area (Å²) in [5.74, 6) is 0. The Morgan fingerprint density at radius 1 is 1.71 bits per heavy atom. The second kappa shape index (κ2) is 3.94. The molecule has 0 aromatic carbocycles. The van der Waals surface area contributed by atoms with Crippen molar-refractivity contribution in [2.45, 2.75) is 25.3 Å². The first-order valence-corrected chi connectivity index (χ1v) is 4.87. The first kappa shape index (κ1) is 11.6. The molecule has 0 aliphatic carbocycles. The van der Waals surface area contributed by atoms with Crippen molar-refractivity contribution in [1.29, 1.82) is 0 Å². The SMILES string of the molecule is Cn1nc(Br)cc1CC(C)(N)C(F)F. The van der Waals surface area contributed by atoms with E-state index in [1.54, 1.807) is 13.1 Å². The summed E-state index contributed by atoms with van der Waals surface area (Å²) in [4.78, 5) is 0. The lowest BCUT2D eigenvalue weighted by Crippen LogP contribution is -2.46. The molecule has 1 atom stereocenters. The molecule has 1 rings (SSSR count). The van der Waals surface area contributed by atoms with E-state index in [-0.39, 0.29) is 6.42 Å². The highest BCUT2D eigenvalue weighted by Crippen LogP contribution is 2.19. The molecule has 2 N–H and O–H groups in total. The van der Waals surface area contributed by atoms with E-state index in [2.05, 4.69) is 21.0 Å². The van der Waals surface area contributed by atoms with Crippen LogP contribution in [0.25, 0.3) is 0 Å². The van der Waals surface area contributed by atoms with Crippen LogP contribution in [0.2, 0.25) is 0 Å². The molecular formula is C8H12BrF2N3. The summed E-state index contributed by atoms with van der Waals surface area (Å²) in [6.07, 6.45) is -2.45. The molecule has 0 radical (unpaired) electrons. The van der Waals surface area contributed by atoms with Crippen molar-refractivity contribution in [1.82, 2.24) is 9.78 Å². The van der Waals surface area contributed by atoms with Gasteiger partial charge in [-0.1, -0.05) is 0 Å². The lowest BCUT2D eigenvalue weighted by molar-refractivity contribution is 0.0629. The van der Waals surface area contributed by atoms with Crippen LogP contribution in [0.15, 0.2) is 10.7 Å². The molecule has 6 heteroatoms. The molecule has 1 aromatic rings. The van der Waals surface area contributed by atoms with Crippen molar-refractivity contribution in [3.8, 4) is 0 Å². The van der Waals surface area contributed by atoms with Gasteiger partial charge in [0.15, 0.2) is 0 Å². The van der Waals surface area contributed by atoms with E-state index in [1.165, 1.54) is 11.6 Å². The number of alkyl halides is 2. The van der Waals surface area contributed by atoms with E-state index < -0.39 is 12.0 Å². The summed E-state index contributed by atoms with van der Waals surface area (Å²) >= 11 is 3.17. The standard InChI is InChI=1S/C8H12BrF2N3/c1-8(12,7(10)11)4-5-3-6(9)13-14(5)2/h3,7H,4,12H2,1-2H3. The molecule has 0 saturated heterocycles. The highest BCUT2D eigenvalue weighted by Gasteiger charge is 2.31. The lowest BCUT2D eigenvalue weighted by atomic mass is 9.98. The Morgan fingerprint density at radius 3 is 2.64 bits per heavy atom. The van der Waals surface area contributed by atoms with Gasteiger partial charge in [0.05, 0.1) is 5.54 Å². The highest BCUT2D eigenvalue weighted by molar-refractivity contribution is 9.10. The van der Waals surface area contributed by atoms with Crippen LogP contribution < -0.4 is 5.73 Å². The minimum atomic E-state index is -2.55. The fourth-order valence-corrected chi connectivity index (χ4v) is 1.60. The number of rotatable bonds is 3. The zero-order valence-corrected chi connectivity index (χ0v) is 9.55. The second-order valence-corrected chi connectivity index (χ2v) is 4.38. The molecule has 1 heterocycles. The molecule has 3 nitrogen and oxygen atoms in total. The normalized spacial score (nSPS) is 15.9. The average molecular weight is 268 g/mol. The molecule has 0 saturated carbocycles. The molecular weight excluding hydrogens is 256 g/mol. The van der Waals surface area contributed by atoms with Crippen molar-refractivity contribution >= 4 is 15.9 Å². The van der Waals surface area contributed by atoms with Crippen molar-refractivity contribution in [3.05, 3.63) is 16.4 Å². The van der Waals surface area contributed by atoms with Gasteiger partial charge in [0.2, 0.25) is 0 Å². The van der Waals surface area contributed by atoms with E-state index in [0.717, 1.165) is 0 Å². The van der Waals surface area contributed by atoms with Crippen LogP contribution in [-0.2, 0) is 13.5 Å². The Morgan fingerprint density at radius 2 is 2.29 bits per heavy atom. The van der Waals surface area contributed by atoms with Gasteiger partial charge in [-0.05, 0) is 28.9 Å². The van der Waals surface area contributed by atoms with Gasteiger partial charge < -0.3 is 5.73 Å². The van der Waals surface area contributed by atoms with Crippen LogP contribution in [0.3, 0.4) is 0 Å². The molecule has 0 aliphatic rings. The molecule has 0 amide bonds. The maximum absolute atomic E-state index is 12.5. The van der Waals surface area contributed by atoms with Crippen molar-refractivity contribution in [3.63, 3.8) is 0 Å². The van der Waals surface area contributed by atoms with Crippen LogP contribution in [0.5, 0.6) is 0 Å². The van der Waals surface area contributed by atoms with Gasteiger partial charge in [-0.3, -0.25) is 4.68 Å². The molecule has 14 heavy (non-hydrogen) atoms. The van der Waals surface area contributed by atoms with E-state index in [0.29, 0.717) is 10.3 Å². The molecule has 0 fully saturated rings. The van der Waals surface area contributed by atoms with Crippen LogP contribution >= 0.6 is 15.9 Å². The quantitative estimate of drug-likeness (QED) is 0.906. The number of nitrogens with zero attached hydrogens (tertiary/aromatic N) is 2. The van der Waals surface area contributed by atoms with Crippen molar-refractivity contribution < 1.29 is 8.78 Å². The minimum Gasteiger partial charge on any atom is -0.320 e. The predicted molar refractivity (Wildman–Crippen MR) is 53.2 cm³/mol. The zero-order valence-electron chi connectivity index (χ0n) is 7.97. The molecule has 1 unspecified atom stereocenters. The first-order valence-electron chi connectivity index (χ1n) is 4.08. The number of nitrogens with two attached hydrogens (primary N) is 1. The fraction of sp³-hybridized carbons (Fsp3) is 0.625. The topological polar surface area (TPSA) is 43.8 Å². The number of aryl methyl sites for hydroxylation is 1. The first-order chi connectivity index (χ1) is 6.33. The third-order valence-electron chi connectivity index (χ3n) is 2.01. The zero-order chi connectivity index (χ0) is 10.9. The Kier molecular flexibility index (Phi) is 3.26. The largest absolute Gasteiger partial charge is 0.320 e. The van der Waals surface area contributed by atoms with Crippen LogP contribution in [0.4, 0.5) is 8.78 Å². The Bertz CT molecular complexity index is 322. The summed E-state index contributed by atoms with van der Waals surface area (Å²) in [6.45, 7) is 1.33. The van der Waals surface area contributed by atoms with E-state index in [9.17, 15) is 8.78 Å². The van der Waals surface area contributed by atoms with Gasteiger partial charge in [0.25, 0.3) is 6.43 Å². The summed E-state index contributed by atoms with van der Waals surface area (Å²) in [5.41, 5.74) is 4.64. The third-order valence-corrected chi connectivity index (χ3v) is 2.39. The third kappa shape index (κ3) is 2.51. The Balaban J connectivity index is 2.83. The number of hydrogen-bond donors (Lipinski definition) is 1. The summed E-state index contributed by atoms with van der Waals surface area (Å²) in [6, 6.07) is 1.69. The summed E-state index contributed by atoms with van der Waals surface area (Å²) < 4.78 is 27.1. The molecule has 0 spiro atoms. The van der Waals surface area contributed by atoms with E-state index >= 15 is 0 Å². The predicted octanol–water partition coefficient (Wildman–Crippen LogP) is 1.71. The maximum atomic E-state index is 12.5. The van der Waals surface area contributed by atoms with Gasteiger partial charge in [-0.2, -0.15) is 5.10 Å². The second-order valence-electron chi connectivity index (χ2n) is 3.57. The van der Waals surface area contributed by atoms with Gasteiger partial charge in [0, 0.05) is 19.2 Å². The molecule has 0 bridgehead atoms. The van der Waals surface area contributed by atoms with Gasteiger partial charge in [-0.25, -0.2) is 8.78 Å². The highest BCUT2D eigenvalue weighted by atomic mass is 79.9.